The number of hydrogen-bond donors (Lipinski definition) is 4. The highest BCUT2D eigenvalue weighted by molar-refractivity contribution is 5.85. The molecule has 18 unspecified atom stereocenters. The summed E-state index contributed by atoms with van der Waals surface area (Å²) in [5, 5.41) is 50.6. The normalized spacial score (nSPS) is 51.7. The minimum atomic E-state index is -1.50. The van der Waals surface area contributed by atoms with E-state index in [-0.39, 0.29) is 113 Å². The molecule has 59 heavy (non-hydrogen) atoms. The molecule has 1 aromatic rings. The lowest BCUT2D eigenvalue weighted by molar-refractivity contribution is -1.03. The van der Waals surface area contributed by atoms with E-state index in [0.717, 1.165) is 30.5 Å². The van der Waals surface area contributed by atoms with Gasteiger partial charge in [-0.3, -0.25) is 9.28 Å². The van der Waals surface area contributed by atoms with E-state index in [0.29, 0.717) is 38.5 Å². The molecule has 5 saturated carbocycles. The van der Waals surface area contributed by atoms with E-state index in [4.69, 9.17) is 14.2 Å². The van der Waals surface area contributed by atoms with Gasteiger partial charge in [0.1, 0.15) is 18.8 Å². The van der Waals surface area contributed by atoms with Crippen molar-refractivity contribution >= 4 is 23.6 Å². The third-order valence-electron chi connectivity index (χ3n) is 19.9. The van der Waals surface area contributed by atoms with Crippen LogP contribution in [-0.4, -0.2) is 118 Å². The number of para-hydroxylation sites is 1. The summed E-state index contributed by atoms with van der Waals surface area (Å²) in [5.41, 5.74) is -1.55. The number of esters is 3. The Morgan fingerprint density at radius 2 is 1.76 bits per heavy atom. The Kier molecular flexibility index (Phi) is 8.93. The number of fused-ring (bicyclic) bond motifs is 7. The van der Waals surface area contributed by atoms with Crippen LogP contribution in [-0.2, 0) is 34.0 Å². The highest BCUT2D eigenvalue weighted by Gasteiger charge is 2.83. The number of methoxy groups -OCH3 is 1. The van der Waals surface area contributed by atoms with Gasteiger partial charge in [-0.25, -0.2) is 9.59 Å². The van der Waals surface area contributed by atoms with Crippen LogP contribution in [0.3, 0.4) is 0 Å². The van der Waals surface area contributed by atoms with Crippen molar-refractivity contribution in [2.24, 2.45) is 46.3 Å². The molecule has 6 heterocycles. The van der Waals surface area contributed by atoms with E-state index < -0.39 is 57.8 Å². The second kappa shape index (κ2) is 13.0. The Morgan fingerprint density at radius 3 is 2.49 bits per heavy atom. The van der Waals surface area contributed by atoms with E-state index in [9.17, 15) is 34.8 Å². The zero-order chi connectivity index (χ0) is 40.5. The number of halogens is 1. The lowest BCUT2D eigenvalue weighted by Gasteiger charge is -2.67. The molecule has 12 rings (SSSR count). The van der Waals surface area contributed by atoms with Crippen LogP contribution in [0.15, 0.2) is 35.9 Å². The Balaban J connectivity index is 0.00000420. The topological polar surface area (TPSA) is 163 Å². The molecule has 0 amide bonds. The van der Waals surface area contributed by atoms with Crippen LogP contribution in [0.25, 0.3) is 0 Å². The number of cyclic esters (lactones) is 1. The third kappa shape index (κ3) is 4.56. The molecule has 11 aliphatic rings. The number of aliphatic hydroxyl groups is 4. The summed E-state index contributed by atoms with van der Waals surface area (Å²) >= 11 is 0. The van der Waals surface area contributed by atoms with Crippen LogP contribution in [0, 0.1) is 46.3 Å². The molecule has 5 aliphatic carbocycles. The molecule has 4 N–H and O–H groups in total. The highest BCUT2D eigenvalue weighted by atomic mass is 79.9. The van der Waals surface area contributed by atoms with Crippen molar-refractivity contribution in [1.29, 1.82) is 0 Å². The number of anilines is 1. The van der Waals surface area contributed by atoms with Crippen LogP contribution in [0.4, 0.5) is 5.69 Å². The Labute approximate surface area is 357 Å². The minimum Gasteiger partial charge on any atom is -1.00 e. The molecule has 5 bridgehead atoms. The molecule has 0 radical (unpaired) electrons. The summed E-state index contributed by atoms with van der Waals surface area (Å²) in [4.78, 5) is 43.2. The van der Waals surface area contributed by atoms with Gasteiger partial charge in [0, 0.05) is 55.3 Å². The number of ether oxygens (including phenoxy) is 3. The number of piperidine rings is 4. The molecule has 0 aromatic heterocycles. The summed E-state index contributed by atoms with van der Waals surface area (Å²) in [6.07, 6.45) is 6.02. The first-order valence-electron chi connectivity index (χ1n) is 22.3. The van der Waals surface area contributed by atoms with Crippen molar-refractivity contribution in [2.45, 2.75) is 144 Å². The molecule has 13 heteroatoms. The summed E-state index contributed by atoms with van der Waals surface area (Å²) in [7, 11) is 3.48. The largest absolute Gasteiger partial charge is 1.00 e. The SMILES string of the molecule is CCC1C2CC3C4N(C)c5ccccc5C45CC(C2C5O)[N+]3(CC(=O)OC2CCC3(C(=O)OC)C4CCC5(C)C(C6=CC(=O)OC6)CCC5(O)C4CCC3(O)C2)C1O.[Br-]. The van der Waals surface area contributed by atoms with Gasteiger partial charge >= 0.3 is 17.9 Å². The lowest BCUT2D eigenvalue weighted by atomic mass is 9.41. The molecular weight excluding hydrogens is 820 g/mol. The monoisotopic (exact) mass is 880 g/mol. The smallest absolute Gasteiger partial charge is 0.362 e. The third-order valence-corrected chi connectivity index (χ3v) is 19.9. The number of aliphatic hydroxyl groups excluding tert-OH is 2. The molecule has 12 nitrogen and oxygen atoms in total. The van der Waals surface area contributed by atoms with Crippen LogP contribution >= 0.6 is 0 Å². The van der Waals surface area contributed by atoms with Crippen molar-refractivity contribution in [3.05, 3.63) is 41.5 Å². The first kappa shape index (κ1) is 40.5. The maximum Gasteiger partial charge on any atom is 0.362 e. The minimum absolute atomic E-state index is 0. The Morgan fingerprint density at radius 1 is 1.00 bits per heavy atom. The molecule has 18 atom stereocenters. The standard InChI is InChI=1S/C46H61N2O10.BrH/c1-5-26-27-19-33-38-44(31-8-6-7-9-32(31)47(38)3)21-34(37(27)39(44)51)48(33,40(26)52)22-36(50)58-25-10-16-45(41(53)56-4)29-11-14-42(2)28(24-18-35(49)57-23-24)13-17-46(42,55)30(29)12-15-43(45,54)20-25;/h6-9,18,25-30,33-34,37-40,51-52,54-55H,5,10-17,19-23H2,1-4H3;1H/q+1;/p-1. The van der Waals surface area contributed by atoms with Gasteiger partial charge in [-0.05, 0) is 98.7 Å². The molecule has 1 aromatic carbocycles. The summed E-state index contributed by atoms with van der Waals surface area (Å²) in [6.45, 7) is 4.49. The van der Waals surface area contributed by atoms with Crippen molar-refractivity contribution in [2.75, 3.05) is 32.2 Å². The van der Waals surface area contributed by atoms with Gasteiger partial charge in [-0.1, -0.05) is 32.0 Å². The summed E-state index contributed by atoms with van der Waals surface area (Å²) < 4.78 is 17.5. The van der Waals surface area contributed by atoms with Gasteiger partial charge in [0.05, 0.1) is 47.3 Å². The molecular formula is C46H61BrN2O10. The summed E-state index contributed by atoms with van der Waals surface area (Å²) in [5.74, 6) is -1.64. The average molecular weight is 882 g/mol. The van der Waals surface area contributed by atoms with Gasteiger partial charge < -0.3 is 56.5 Å². The molecule has 322 valence electrons. The zero-order valence-corrected chi connectivity index (χ0v) is 36.3. The van der Waals surface area contributed by atoms with E-state index in [1.165, 1.54) is 12.7 Å². The number of carbonyl (C=O) groups is 3. The number of nitrogens with zero attached hydrogens (tertiary/aromatic N) is 2. The lowest BCUT2D eigenvalue weighted by Crippen LogP contribution is -3.00. The van der Waals surface area contributed by atoms with E-state index >= 15 is 0 Å². The second-order valence-corrected chi connectivity index (χ2v) is 20.9. The fourth-order valence-corrected chi connectivity index (χ4v) is 17.9. The fourth-order valence-electron chi connectivity index (χ4n) is 17.9. The van der Waals surface area contributed by atoms with Crippen LogP contribution in [0.1, 0.15) is 96.5 Å². The number of quaternary nitrogens is 1. The van der Waals surface area contributed by atoms with E-state index in [2.05, 4.69) is 44.0 Å². The number of benzene rings is 1. The van der Waals surface area contributed by atoms with Crippen LogP contribution in [0.5, 0.6) is 0 Å². The van der Waals surface area contributed by atoms with Crippen molar-refractivity contribution in [1.82, 2.24) is 0 Å². The average Bonchev–Trinajstić information content (AvgIpc) is 3.89. The van der Waals surface area contributed by atoms with Gasteiger partial charge in [-0.15, -0.1) is 0 Å². The van der Waals surface area contributed by atoms with Gasteiger partial charge in [0.15, 0.2) is 12.8 Å². The first-order chi connectivity index (χ1) is 27.7. The van der Waals surface area contributed by atoms with Crippen LogP contribution in [0.2, 0.25) is 0 Å². The quantitative estimate of drug-likeness (QED) is 0.179. The zero-order valence-electron chi connectivity index (χ0n) is 34.7. The van der Waals surface area contributed by atoms with Crippen LogP contribution < -0.4 is 21.9 Å². The number of carbonyl (C=O) groups excluding carboxylic acids is 3. The van der Waals surface area contributed by atoms with Gasteiger partial charge in [-0.2, -0.15) is 0 Å². The molecule has 9 fully saturated rings. The Bertz CT molecular complexity index is 2020. The molecule has 6 aliphatic heterocycles. The van der Waals surface area contributed by atoms with Crippen molar-refractivity contribution in [3.63, 3.8) is 0 Å². The number of rotatable bonds is 6. The van der Waals surface area contributed by atoms with Gasteiger partial charge in [0.2, 0.25) is 0 Å². The highest BCUT2D eigenvalue weighted by Crippen LogP contribution is 2.73. The summed E-state index contributed by atoms with van der Waals surface area (Å²) in [6, 6.07) is 8.21. The van der Waals surface area contributed by atoms with E-state index in [1.54, 1.807) is 6.08 Å². The van der Waals surface area contributed by atoms with Crippen molar-refractivity contribution < 1.29 is 70.5 Å². The van der Waals surface area contributed by atoms with E-state index in [1.807, 2.05) is 6.07 Å². The number of hydrogen-bond acceptors (Lipinski definition) is 11. The first-order valence-corrected chi connectivity index (χ1v) is 22.3. The number of likely N-dealkylation sites (N-methyl/N-ethyl adjacent to an activating group) is 1. The van der Waals surface area contributed by atoms with Crippen molar-refractivity contribution in [3.8, 4) is 0 Å². The molecule has 1 spiro atoms. The van der Waals surface area contributed by atoms with Gasteiger partial charge in [0.25, 0.3) is 0 Å². The predicted molar refractivity (Wildman–Crippen MR) is 208 cm³/mol. The maximum absolute atomic E-state index is 14.6. The second-order valence-electron chi connectivity index (χ2n) is 20.9. The maximum atomic E-state index is 14.6. The molecule has 4 saturated heterocycles. The fraction of sp³-hybridized carbons (Fsp3) is 0.761. The Hall–Kier alpha value is -2.55. The predicted octanol–water partition coefficient (Wildman–Crippen LogP) is 0.510.